The molecule has 0 spiro atoms. The number of hydrogen-bond donors (Lipinski definition) is 2. The molecule has 0 aromatic heterocycles. The average molecular weight is 488 g/mol. The Balaban J connectivity index is 2.31. The molecule has 140 valence electrons. The van der Waals surface area contributed by atoms with Gasteiger partial charge in [-0.3, -0.25) is 9.52 Å². The molecule has 0 saturated carbocycles. The first-order valence-corrected chi connectivity index (χ1v) is 10.5. The van der Waals surface area contributed by atoms with Gasteiger partial charge >= 0.3 is 0 Å². The fraction of sp³-hybridized carbons (Fsp3) is 0.278. The van der Waals surface area contributed by atoms with Crippen LogP contribution in [0.5, 0.6) is 5.75 Å². The molecule has 8 heteroatoms. The molecule has 0 aliphatic carbocycles. The Labute approximate surface area is 167 Å². The Bertz CT molecular complexity index is 881. The Morgan fingerprint density at radius 2 is 1.73 bits per heavy atom. The molecular formula is C18H21IN2O4S. The van der Waals surface area contributed by atoms with Crippen LogP contribution in [0.2, 0.25) is 0 Å². The van der Waals surface area contributed by atoms with Crippen LogP contribution in [0, 0.1) is 9.49 Å². The molecule has 0 heterocycles. The molecule has 0 bridgehead atoms. The van der Waals surface area contributed by atoms with E-state index in [-0.39, 0.29) is 22.5 Å². The van der Waals surface area contributed by atoms with E-state index in [1.807, 2.05) is 13.8 Å². The highest BCUT2D eigenvalue weighted by molar-refractivity contribution is 14.1. The van der Waals surface area contributed by atoms with Gasteiger partial charge < -0.3 is 10.1 Å². The van der Waals surface area contributed by atoms with Crippen molar-refractivity contribution >= 4 is 49.9 Å². The van der Waals surface area contributed by atoms with Gasteiger partial charge in [0.2, 0.25) is 5.91 Å². The number of nitrogens with one attached hydrogen (secondary N) is 2. The molecule has 0 radical (unpaired) electrons. The van der Waals surface area contributed by atoms with E-state index in [1.54, 1.807) is 30.3 Å². The summed E-state index contributed by atoms with van der Waals surface area (Å²) in [5.74, 6) is 0.239. The van der Waals surface area contributed by atoms with E-state index in [9.17, 15) is 13.2 Å². The minimum atomic E-state index is -3.88. The van der Waals surface area contributed by atoms with Gasteiger partial charge in [-0.25, -0.2) is 8.42 Å². The quantitative estimate of drug-likeness (QED) is 0.576. The van der Waals surface area contributed by atoms with Crippen molar-refractivity contribution in [3.63, 3.8) is 0 Å². The van der Waals surface area contributed by atoms with Gasteiger partial charge in [-0.1, -0.05) is 13.8 Å². The van der Waals surface area contributed by atoms with Crippen LogP contribution in [0.1, 0.15) is 20.3 Å². The van der Waals surface area contributed by atoms with Gasteiger partial charge in [-0.05, 0) is 71.0 Å². The zero-order valence-electron chi connectivity index (χ0n) is 14.7. The Morgan fingerprint density at radius 1 is 1.12 bits per heavy atom. The molecule has 26 heavy (non-hydrogen) atoms. The summed E-state index contributed by atoms with van der Waals surface area (Å²) < 4.78 is 34.3. The Morgan fingerprint density at radius 3 is 2.31 bits per heavy atom. The first kappa shape index (κ1) is 20.5. The predicted octanol–water partition coefficient (Wildman–Crippen LogP) is 4.09. The number of ether oxygens (including phenoxy) is 1. The van der Waals surface area contributed by atoms with Crippen molar-refractivity contribution in [3.8, 4) is 5.75 Å². The van der Waals surface area contributed by atoms with E-state index in [0.29, 0.717) is 17.8 Å². The fourth-order valence-corrected chi connectivity index (χ4v) is 3.89. The summed E-state index contributed by atoms with van der Waals surface area (Å²) in [6.07, 6.45) is 0.356. The summed E-state index contributed by atoms with van der Waals surface area (Å²) in [5, 5.41) is 2.72. The van der Waals surface area contributed by atoms with E-state index in [4.69, 9.17) is 4.74 Å². The molecule has 2 N–H and O–H groups in total. The van der Waals surface area contributed by atoms with Crippen LogP contribution in [0.15, 0.2) is 47.4 Å². The molecule has 0 atom stereocenters. The van der Waals surface area contributed by atoms with Crippen LogP contribution in [0.25, 0.3) is 0 Å². The van der Waals surface area contributed by atoms with Crippen LogP contribution in [-0.4, -0.2) is 21.4 Å². The number of methoxy groups -OCH3 is 1. The number of anilines is 2. The summed E-state index contributed by atoms with van der Waals surface area (Å²) >= 11 is 2.14. The smallest absolute Gasteiger partial charge is 0.265 e. The second kappa shape index (κ2) is 8.72. The lowest BCUT2D eigenvalue weighted by Gasteiger charge is -2.14. The zero-order valence-corrected chi connectivity index (χ0v) is 17.7. The summed E-state index contributed by atoms with van der Waals surface area (Å²) in [4.78, 5) is 11.9. The Kier molecular flexibility index (Phi) is 6.87. The van der Waals surface area contributed by atoms with Gasteiger partial charge in [0.15, 0.2) is 0 Å². The summed E-state index contributed by atoms with van der Waals surface area (Å²) in [6, 6.07) is 11.5. The third-order valence-corrected chi connectivity index (χ3v) is 5.55. The van der Waals surface area contributed by atoms with Crippen molar-refractivity contribution in [2.75, 3.05) is 17.1 Å². The normalized spacial score (nSPS) is 11.3. The molecule has 0 unspecified atom stereocenters. The maximum absolute atomic E-state index is 12.8. The van der Waals surface area contributed by atoms with Gasteiger partial charge in [0.05, 0.1) is 7.11 Å². The molecule has 6 nitrogen and oxygen atoms in total. The van der Waals surface area contributed by atoms with E-state index >= 15 is 0 Å². The lowest BCUT2D eigenvalue weighted by atomic mass is 10.1. The molecule has 0 fully saturated rings. The van der Waals surface area contributed by atoms with Crippen molar-refractivity contribution in [3.05, 3.63) is 46.0 Å². The molecule has 0 aliphatic rings. The lowest BCUT2D eigenvalue weighted by Crippen LogP contribution is -2.16. The molecule has 0 saturated heterocycles. The standard InChI is InChI=1S/C18H21IN2O4S/c1-12(2)10-18(22)20-15-8-9-16(25-3)17(11-15)26(23,24)21-14-6-4-13(19)5-7-14/h4-9,11-12,21H,10H2,1-3H3,(H,20,22). The first-order chi connectivity index (χ1) is 12.2. The molecule has 2 rings (SSSR count). The molecule has 2 aromatic rings. The molecular weight excluding hydrogens is 467 g/mol. The highest BCUT2D eigenvalue weighted by Gasteiger charge is 2.21. The summed E-state index contributed by atoms with van der Waals surface area (Å²) in [5.41, 5.74) is 0.848. The zero-order chi connectivity index (χ0) is 19.3. The average Bonchev–Trinajstić information content (AvgIpc) is 2.56. The van der Waals surface area contributed by atoms with Crippen LogP contribution >= 0.6 is 22.6 Å². The SMILES string of the molecule is COc1ccc(NC(=O)CC(C)C)cc1S(=O)(=O)Nc1ccc(I)cc1. The van der Waals surface area contributed by atoms with Gasteiger partial charge in [0, 0.05) is 21.4 Å². The minimum Gasteiger partial charge on any atom is -0.495 e. The third kappa shape index (κ3) is 5.60. The topological polar surface area (TPSA) is 84.5 Å². The van der Waals surface area contributed by atoms with Crippen molar-refractivity contribution in [2.45, 2.75) is 25.2 Å². The fourth-order valence-electron chi connectivity index (χ4n) is 2.28. The van der Waals surface area contributed by atoms with Gasteiger partial charge in [0.1, 0.15) is 10.6 Å². The number of sulfonamides is 1. The van der Waals surface area contributed by atoms with Crippen LogP contribution < -0.4 is 14.8 Å². The monoisotopic (exact) mass is 488 g/mol. The van der Waals surface area contributed by atoms with Crippen molar-refractivity contribution < 1.29 is 17.9 Å². The van der Waals surface area contributed by atoms with E-state index in [1.165, 1.54) is 19.2 Å². The number of carbonyl (C=O) groups excluding carboxylic acids is 1. The molecule has 2 aromatic carbocycles. The lowest BCUT2D eigenvalue weighted by molar-refractivity contribution is -0.116. The number of carbonyl (C=O) groups is 1. The highest BCUT2D eigenvalue weighted by Crippen LogP contribution is 2.29. The van der Waals surface area contributed by atoms with Crippen LogP contribution in [0.3, 0.4) is 0 Å². The number of rotatable bonds is 7. The van der Waals surface area contributed by atoms with Crippen LogP contribution in [-0.2, 0) is 14.8 Å². The van der Waals surface area contributed by atoms with Gasteiger partial charge in [-0.2, -0.15) is 0 Å². The summed E-state index contributed by atoms with van der Waals surface area (Å²) in [6.45, 7) is 3.88. The van der Waals surface area contributed by atoms with Crippen molar-refractivity contribution in [1.29, 1.82) is 0 Å². The second-order valence-electron chi connectivity index (χ2n) is 6.12. The van der Waals surface area contributed by atoms with E-state index in [2.05, 4.69) is 32.6 Å². The first-order valence-electron chi connectivity index (χ1n) is 7.97. The van der Waals surface area contributed by atoms with E-state index < -0.39 is 10.0 Å². The number of halogens is 1. The highest BCUT2D eigenvalue weighted by atomic mass is 127. The summed E-state index contributed by atoms with van der Waals surface area (Å²) in [7, 11) is -2.48. The van der Waals surface area contributed by atoms with Gasteiger partial charge in [0.25, 0.3) is 10.0 Å². The number of benzene rings is 2. The maximum atomic E-state index is 12.8. The molecule has 0 aliphatic heterocycles. The molecule has 1 amide bonds. The number of hydrogen-bond acceptors (Lipinski definition) is 4. The third-order valence-electron chi connectivity index (χ3n) is 3.43. The second-order valence-corrected chi connectivity index (χ2v) is 9.02. The Hall–Kier alpha value is -1.81. The largest absolute Gasteiger partial charge is 0.495 e. The van der Waals surface area contributed by atoms with Gasteiger partial charge in [-0.15, -0.1) is 0 Å². The van der Waals surface area contributed by atoms with Crippen molar-refractivity contribution in [1.82, 2.24) is 0 Å². The predicted molar refractivity (Wildman–Crippen MR) is 111 cm³/mol. The minimum absolute atomic E-state index is 0.0408. The van der Waals surface area contributed by atoms with Crippen LogP contribution in [0.4, 0.5) is 11.4 Å². The van der Waals surface area contributed by atoms with Crippen molar-refractivity contribution in [2.24, 2.45) is 5.92 Å². The van der Waals surface area contributed by atoms with E-state index in [0.717, 1.165) is 3.57 Å². The number of amides is 1. The maximum Gasteiger partial charge on any atom is 0.265 e.